The number of likely N-dealkylation sites (N-methyl/N-ethyl adjacent to an activating group) is 1. The van der Waals surface area contributed by atoms with E-state index in [1.165, 1.54) is 12.1 Å². The second-order valence-corrected chi connectivity index (χ2v) is 7.29. The molecule has 0 radical (unpaired) electrons. The summed E-state index contributed by atoms with van der Waals surface area (Å²) in [6.07, 6.45) is -4.04. The van der Waals surface area contributed by atoms with Crippen molar-refractivity contribution in [3.63, 3.8) is 0 Å². The van der Waals surface area contributed by atoms with Crippen LogP contribution in [0.2, 0.25) is 5.02 Å². The van der Waals surface area contributed by atoms with Gasteiger partial charge in [0, 0.05) is 24.8 Å². The summed E-state index contributed by atoms with van der Waals surface area (Å²) in [7, 11) is 1.94. The van der Waals surface area contributed by atoms with Crippen molar-refractivity contribution >= 4 is 17.3 Å². The highest BCUT2D eigenvalue weighted by molar-refractivity contribution is 6.32. The summed E-state index contributed by atoms with van der Waals surface area (Å²) < 4.78 is 54.3. The minimum absolute atomic E-state index is 0.0571. The van der Waals surface area contributed by atoms with Gasteiger partial charge in [-0.1, -0.05) is 23.7 Å². The molecule has 3 nitrogen and oxygen atoms in total. The lowest BCUT2D eigenvalue weighted by Gasteiger charge is -2.32. The van der Waals surface area contributed by atoms with Crippen molar-refractivity contribution in [1.82, 2.24) is 4.90 Å². The van der Waals surface area contributed by atoms with Crippen LogP contribution in [0.15, 0.2) is 36.4 Å². The highest BCUT2D eigenvalue weighted by atomic mass is 35.5. The molecule has 1 aliphatic rings. The molecule has 2 aromatic rings. The lowest BCUT2D eigenvalue weighted by molar-refractivity contribution is -0.140. The van der Waals surface area contributed by atoms with Gasteiger partial charge in [0.25, 0.3) is 0 Å². The molecule has 0 bridgehead atoms. The van der Waals surface area contributed by atoms with Crippen LogP contribution in [0.5, 0.6) is 0 Å². The maximum Gasteiger partial charge on any atom is 0.419 e. The predicted molar refractivity (Wildman–Crippen MR) is 99.7 cm³/mol. The average Bonchev–Trinajstić information content (AvgIpc) is 3.04. The highest BCUT2D eigenvalue weighted by Crippen LogP contribution is 2.36. The fourth-order valence-corrected chi connectivity index (χ4v) is 3.79. The standard InChI is InChI=1S/C20H18ClF4N3/c1-27-8-7-16(12-27)28(15-6-5-13(10-26)17(21)9-15)11-14-3-2-4-18(22)19(14)20(23,24)25/h2-6,9,16H,7-8,11-12H2,1H3. The Labute approximate surface area is 165 Å². The van der Waals surface area contributed by atoms with Crippen molar-refractivity contribution in [2.24, 2.45) is 0 Å². The molecule has 3 rings (SSSR count). The van der Waals surface area contributed by atoms with Crippen molar-refractivity contribution in [2.75, 3.05) is 25.0 Å². The summed E-state index contributed by atoms with van der Waals surface area (Å²) in [4.78, 5) is 3.89. The van der Waals surface area contributed by atoms with Gasteiger partial charge in [0.2, 0.25) is 0 Å². The van der Waals surface area contributed by atoms with Crippen molar-refractivity contribution in [2.45, 2.75) is 25.2 Å². The van der Waals surface area contributed by atoms with Gasteiger partial charge in [-0.25, -0.2) is 4.39 Å². The molecule has 2 aromatic carbocycles. The predicted octanol–water partition coefficient (Wildman–Crippen LogP) is 5.08. The Bertz CT molecular complexity index is 907. The van der Waals surface area contributed by atoms with Crippen molar-refractivity contribution < 1.29 is 17.6 Å². The van der Waals surface area contributed by atoms with Crippen LogP contribution < -0.4 is 4.90 Å². The number of alkyl halides is 3. The van der Waals surface area contributed by atoms with E-state index in [2.05, 4.69) is 4.90 Å². The van der Waals surface area contributed by atoms with Gasteiger partial charge in [0.1, 0.15) is 11.9 Å². The Kier molecular flexibility index (Phi) is 5.82. The molecule has 1 atom stereocenters. The first-order chi connectivity index (χ1) is 13.2. The quantitative estimate of drug-likeness (QED) is 0.657. The Hall–Kier alpha value is -2.30. The average molecular weight is 412 g/mol. The van der Waals surface area contributed by atoms with Crippen LogP contribution in [0.25, 0.3) is 0 Å². The molecule has 0 aliphatic carbocycles. The molecule has 148 valence electrons. The summed E-state index contributed by atoms with van der Waals surface area (Å²) in [5, 5.41) is 9.29. The van der Waals surface area contributed by atoms with Crippen LogP contribution in [-0.2, 0) is 12.7 Å². The molecule has 1 aliphatic heterocycles. The van der Waals surface area contributed by atoms with Crippen LogP contribution >= 0.6 is 11.6 Å². The van der Waals surface area contributed by atoms with Gasteiger partial charge >= 0.3 is 6.18 Å². The van der Waals surface area contributed by atoms with Gasteiger partial charge in [-0.3, -0.25) is 0 Å². The second kappa shape index (κ2) is 7.98. The van der Waals surface area contributed by atoms with E-state index < -0.39 is 17.6 Å². The molecule has 1 saturated heterocycles. The van der Waals surface area contributed by atoms with E-state index in [1.54, 1.807) is 23.1 Å². The zero-order valence-corrected chi connectivity index (χ0v) is 15.9. The molecule has 0 N–H and O–H groups in total. The van der Waals surface area contributed by atoms with E-state index in [4.69, 9.17) is 16.9 Å². The summed E-state index contributed by atoms with van der Waals surface area (Å²) in [6, 6.07) is 10.1. The summed E-state index contributed by atoms with van der Waals surface area (Å²) >= 11 is 6.14. The Balaban J connectivity index is 2.04. The van der Waals surface area contributed by atoms with Crippen molar-refractivity contribution in [3.05, 3.63) is 63.9 Å². The van der Waals surface area contributed by atoms with E-state index in [1.807, 2.05) is 13.1 Å². The molecule has 0 saturated carbocycles. The fraction of sp³-hybridized carbons (Fsp3) is 0.350. The topological polar surface area (TPSA) is 30.3 Å². The fourth-order valence-electron chi connectivity index (χ4n) is 3.57. The zero-order chi connectivity index (χ0) is 20.5. The Morgan fingerprint density at radius 2 is 2.04 bits per heavy atom. The van der Waals surface area contributed by atoms with E-state index in [0.29, 0.717) is 12.2 Å². The first-order valence-electron chi connectivity index (χ1n) is 8.70. The number of nitrogens with zero attached hydrogens (tertiary/aromatic N) is 3. The third kappa shape index (κ3) is 4.23. The van der Waals surface area contributed by atoms with Crippen LogP contribution in [0.1, 0.15) is 23.1 Å². The Morgan fingerprint density at radius 3 is 2.61 bits per heavy atom. The van der Waals surface area contributed by atoms with E-state index >= 15 is 0 Å². The summed E-state index contributed by atoms with van der Waals surface area (Å²) in [5.41, 5.74) is -0.494. The number of nitriles is 1. The van der Waals surface area contributed by atoms with Crippen LogP contribution in [0.3, 0.4) is 0 Å². The number of anilines is 1. The van der Waals surface area contributed by atoms with Gasteiger partial charge in [0.15, 0.2) is 0 Å². The van der Waals surface area contributed by atoms with Crippen LogP contribution in [0.4, 0.5) is 23.2 Å². The SMILES string of the molecule is CN1CCC(N(Cc2cccc(F)c2C(F)(F)F)c2ccc(C#N)c(Cl)c2)C1. The third-order valence-electron chi connectivity index (χ3n) is 4.94. The number of hydrogen-bond donors (Lipinski definition) is 0. The van der Waals surface area contributed by atoms with Gasteiger partial charge in [0.05, 0.1) is 16.1 Å². The highest BCUT2D eigenvalue weighted by Gasteiger charge is 2.38. The molecule has 28 heavy (non-hydrogen) atoms. The molecule has 0 amide bonds. The molecular weight excluding hydrogens is 394 g/mol. The van der Waals surface area contributed by atoms with Gasteiger partial charge in [-0.2, -0.15) is 18.4 Å². The number of benzene rings is 2. The lowest BCUT2D eigenvalue weighted by Crippen LogP contribution is -2.37. The monoisotopic (exact) mass is 411 g/mol. The summed E-state index contributed by atoms with van der Waals surface area (Å²) in [6.45, 7) is 1.35. The van der Waals surface area contributed by atoms with E-state index in [0.717, 1.165) is 19.0 Å². The minimum Gasteiger partial charge on any atom is -0.363 e. The minimum atomic E-state index is -4.79. The molecular formula is C20H18ClF4N3. The number of hydrogen-bond acceptors (Lipinski definition) is 3. The van der Waals surface area contributed by atoms with Crippen LogP contribution in [-0.4, -0.2) is 31.1 Å². The van der Waals surface area contributed by atoms with Gasteiger partial charge in [-0.15, -0.1) is 0 Å². The van der Waals surface area contributed by atoms with E-state index in [9.17, 15) is 17.6 Å². The smallest absolute Gasteiger partial charge is 0.363 e. The molecule has 8 heteroatoms. The number of rotatable bonds is 4. The van der Waals surface area contributed by atoms with Crippen molar-refractivity contribution in [3.8, 4) is 6.07 Å². The largest absolute Gasteiger partial charge is 0.419 e. The lowest BCUT2D eigenvalue weighted by atomic mass is 10.0. The normalized spacial score (nSPS) is 17.5. The first kappa shape index (κ1) is 20.4. The first-order valence-corrected chi connectivity index (χ1v) is 9.08. The molecule has 1 fully saturated rings. The molecule has 1 unspecified atom stereocenters. The van der Waals surface area contributed by atoms with Gasteiger partial charge < -0.3 is 9.80 Å². The van der Waals surface area contributed by atoms with E-state index in [-0.39, 0.29) is 28.7 Å². The Morgan fingerprint density at radius 1 is 1.29 bits per heavy atom. The molecule has 0 spiro atoms. The number of likely N-dealkylation sites (tertiary alicyclic amines) is 1. The summed E-state index contributed by atoms with van der Waals surface area (Å²) in [5.74, 6) is -1.29. The third-order valence-corrected chi connectivity index (χ3v) is 5.25. The van der Waals surface area contributed by atoms with Crippen molar-refractivity contribution in [1.29, 1.82) is 5.26 Å². The maximum absolute atomic E-state index is 14.0. The molecule has 0 aromatic heterocycles. The maximum atomic E-state index is 14.0. The van der Waals surface area contributed by atoms with Crippen LogP contribution in [0, 0.1) is 17.1 Å². The molecule has 1 heterocycles. The number of halogens is 5. The second-order valence-electron chi connectivity index (χ2n) is 6.88. The zero-order valence-electron chi connectivity index (χ0n) is 15.1. The van der Waals surface area contributed by atoms with Gasteiger partial charge in [-0.05, 0) is 49.8 Å².